The van der Waals surface area contributed by atoms with E-state index in [1.54, 1.807) is 4.90 Å². The number of carbonyl (C=O) groups excluding carboxylic acids is 3. The summed E-state index contributed by atoms with van der Waals surface area (Å²) in [5.41, 5.74) is 0. The van der Waals surface area contributed by atoms with Crippen LogP contribution in [0.1, 0.15) is 19.3 Å². The van der Waals surface area contributed by atoms with Gasteiger partial charge in [0, 0.05) is 19.5 Å². The lowest BCUT2D eigenvalue weighted by molar-refractivity contribution is -0.142. The summed E-state index contributed by atoms with van der Waals surface area (Å²) in [5, 5.41) is -0.158. The van der Waals surface area contributed by atoms with Crippen LogP contribution in [-0.2, 0) is 9.59 Å². The topological polar surface area (TPSA) is 57.7 Å². The van der Waals surface area contributed by atoms with E-state index in [1.165, 1.54) is 17.7 Å². The fourth-order valence-electron chi connectivity index (χ4n) is 2.24. The van der Waals surface area contributed by atoms with Gasteiger partial charge < -0.3 is 4.90 Å². The zero-order chi connectivity index (χ0) is 12.0. The summed E-state index contributed by atoms with van der Waals surface area (Å²) in [7, 11) is 0. The van der Waals surface area contributed by atoms with Gasteiger partial charge in [0.2, 0.25) is 11.8 Å². The van der Waals surface area contributed by atoms with E-state index in [2.05, 4.69) is 0 Å². The molecule has 0 N–H and O–H groups in total. The molecule has 3 rings (SSSR count). The molecule has 0 spiro atoms. The van der Waals surface area contributed by atoms with Gasteiger partial charge in [-0.25, -0.2) is 0 Å². The molecular weight excluding hydrogens is 240 g/mol. The largest absolute Gasteiger partial charge is 0.338 e. The van der Waals surface area contributed by atoms with Crippen LogP contribution in [0.5, 0.6) is 0 Å². The van der Waals surface area contributed by atoms with E-state index in [1.807, 2.05) is 0 Å². The molecule has 2 aliphatic heterocycles. The summed E-state index contributed by atoms with van der Waals surface area (Å²) in [6.07, 6.45) is 2.98. The number of likely N-dealkylation sites (tertiary alicyclic amines) is 1. The van der Waals surface area contributed by atoms with Gasteiger partial charge in [-0.05, 0) is 18.8 Å². The molecule has 1 aliphatic carbocycles. The maximum absolute atomic E-state index is 11.7. The van der Waals surface area contributed by atoms with Gasteiger partial charge >= 0.3 is 0 Å². The van der Waals surface area contributed by atoms with Gasteiger partial charge in [-0.1, -0.05) is 11.8 Å². The average Bonchev–Trinajstić information content (AvgIpc) is 2.96. The van der Waals surface area contributed by atoms with Gasteiger partial charge in [0.15, 0.2) is 0 Å². The zero-order valence-electron chi connectivity index (χ0n) is 9.42. The fraction of sp³-hybridized carbons (Fsp3) is 0.727. The summed E-state index contributed by atoms with van der Waals surface area (Å²) < 4.78 is 0. The smallest absolute Gasteiger partial charge is 0.289 e. The third-order valence-electron chi connectivity index (χ3n) is 3.52. The highest BCUT2D eigenvalue weighted by Gasteiger charge is 2.43. The fourth-order valence-corrected chi connectivity index (χ4v) is 3.01. The minimum atomic E-state index is -0.158. The molecule has 0 aromatic carbocycles. The predicted molar refractivity (Wildman–Crippen MR) is 62.4 cm³/mol. The van der Waals surface area contributed by atoms with E-state index >= 15 is 0 Å². The number of imide groups is 1. The lowest BCUT2D eigenvalue weighted by atomic mass is 10.1. The van der Waals surface area contributed by atoms with Crippen molar-refractivity contribution in [2.24, 2.45) is 5.92 Å². The van der Waals surface area contributed by atoms with E-state index in [0.29, 0.717) is 25.4 Å². The van der Waals surface area contributed by atoms with E-state index < -0.39 is 0 Å². The number of carbonyl (C=O) groups is 3. The Morgan fingerprint density at radius 3 is 2.53 bits per heavy atom. The first-order valence-electron chi connectivity index (χ1n) is 5.91. The Labute approximate surface area is 103 Å². The minimum absolute atomic E-state index is 0.0758. The molecule has 17 heavy (non-hydrogen) atoms. The molecule has 2 saturated heterocycles. The van der Waals surface area contributed by atoms with Crippen molar-refractivity contribution in [1.82, 2.24) is 9.80 Å². The Morgan fingerprint density at radius 2 is 2.00 bits per heavy atom. The lowest BCUT2D eigenvalue weighted by Gasteiger charge is -2.42. The van der Waals surface area contributed by atoms with Crippen molar-refractivity contribution in [2.45, 2.75) is 25.3 Å². The monoisotopic (exact) mass is 254 g/mol. The first-order valence-corrected chi connectivity index (χ1v) is 6.90. The second-order valence-corrected chi connectivity index (χ2v) is 5.84. The summed E-state index contributed by atoms with van der Waals surface area (Å²) in [5.74, 6) is 0.910. The summed E-state index contributed by atoms with van der Waals surface area (Å²) in [6, 6.07) is -0.0758. The van der Waals surface area contributed by atoms with Gasteiger partial charge in [-0.3, -0.25) is 19.3 Å². The van der Waals surface area contributed by atoms with Crippen molar-refractivity contribution in [2.75, 3.05) is 18.8 Å². The van der Waals surface area contributed by atoms with E-state index in [4.69, 9.17) is 0 Å². The third-order valence-corrected chi connectivity index (χ3v) is 4.36. The van der Waals surface area contributed by atoms with Crippen LogP contribution in [0.2, 0.25) is 0 Å². The standard InChI is InChI=1S/C11H14N2O3S/c14-9(3-7-1-2-7)12-4-8(5-12)13-10(15)6-17-11(13)16/h7-8H,1-6H2. The SMILES string of the molecule is O=C(CC1CC1)N1CC(N2C(=O)CSC2=O)C1. The van der Waals surface area contributed by atoms with Crippen molar-refractivity contribution < 1.29 is 14.4 Å². The number of amides is 3. The molecule has 1 saturated carbocycles. The summed E-state index contributed by atoms with van der Waals surface area (Å²) in [6.45, 7) is 1.06. The summed E-state index contributed by atoms with van der Waals surface area (Å²) in [4.78, 5) is 37.7. The highest BCUT2D eigenvalue weighted by atomic mass is 32.2. The van der Waals surface area contributed by atoms with Crippen LogP contribution in [0, 0.1) is 5.92 Å². The number of thioether (sulfide) groups is 1. The van der Waals surface area contributed by atoms with E-state index in [-0.39, 0.29) is 28.8 Å². The Balaban J connectivity index is 1.51. The molecular formula is C11H14N2O3S. The van der Waals surface area contributed by atoms with Crippen LogP contribution >= 0.6 is 11.8 Å². The highest BCUT2D eigenvalue weighted by Crippen LogP contribution is 2.34. The molecule has 92 valence electrons. The van der Waals surface area contributed by atoms with E-state index in [0.717, 1.165) is 11.8 Å². The second kappa shape index (κ2) is 4.01. The Kier molecular flexibility index (Phi) is 2.61. The number of hydrogen-bond acceptors (Lipinski definition) is 4. The maximum Gasteiger partial charge on any atom is 0.289 e. The molecule has 0 atom stereocenters. The first-order chi connectivity index (χ1) is 8.15. The Morgan fingerprint density at radius 1 is 1.29 bits per heavy atom. The molecule has 0 aromatic heterocycles. The molecule has 2 heterocycles. The lowest BCUT2D eigenvalue weighted by Crippen LogP contribution is -2.62. The predicted octanol–water partition coefficient (Wildman–Crippen LogP) is 0.693. The molecule has 5 nitrogen and oxygen atoms in total. The number of nitrogens with zero attached hydrogens (tertiary/aromatic N) is 2. The van der Waals surface area contributed by atoms with Crippen LogP contribution in [0.15, 0.2) is 0 Å². The molecule has 3 fully saturated rings. The average molecular weight is 254 g/mol. The normalized spacial score (nSPS) is 25.4. The van der Waals surface area contributed by atoms with E-state index in [9.17, 15) is 14.4 Å². The van der Waals surface area contributed by atoms with Crippen molar-refractivity contribution in [3.05, 3.63) is 0 Å². The molecule has 3 aliphatic rings. The zero-order valence-corrected chi connectivity index (χ0v) is 10.2. The first kappa shape index (κ1) is 11.1. The Hall–Kier alpha value is -1.04. The highest BCUT2D eigenvalue weighted by molar-refractivity contribution is 8.14. The second-order valence-electron chi connectivity index (χ2n) is 4.92. The molecule has 0 unspecified atom stereocenters. The molecule has 0 aromatic rings. The molecule has 3 amide bonds. The van der Waals surface area contributed by atoms with Crippen LogP contribution in [0.3, 0.4) is 0 Å². The number of rotatable bonds is 3. The van der Waals surface area contributed by atoms with Crippen molar-refractivity contribution >= 4 is 28.8 Å². The molecule has 0 bridgehead atoms. The summed E-state index contributed by atoms with van der Waals surface area (Å²) >= 11 is 1.06. The van der Waals surface area contributed by atoms with Gasteiger partial charge in [0.1, 0.15) is 0 Å². The van der Waals surface area contributed by atoms with Crippen LogP contribution in [0.4, 0.5) is 4.79 Å². The molecule has 0 radical (unpaired) electrons. The van der Waals surface area contributed by atoms with Crippen molar-refractivity contribution in [3.8, 4) is 0 Å². The van der Waals surface area contributed by atoms with Crippen LogP contribution < -0.4 is 0 Å². The quantitative estimate of drug-likeness (QED) is 0.743. The van der Waals surface area contributed by atoms with Crippen LogP contribution in [-0.4, -0.2) is 51.7 Å². The molecule has 6 heteroatoms. The van der Waals surface area contributed by atoms with Crippen molar-refractivity contribution in [3.63, 3.8) is 0 Å². The van der Waals surface area contributed by atoms with Crippen molar-refractivity contribution in [1.29, 1.82) is 0 Å². The van der Waals surface area contributed by atoms with Gasteiger partial charge in [-0.2, -0.15) is 0 Å². The third kappa shape index (κ3) is 2.06. The maximum atomic E-state index is 11.7. The van der Waals surface area contributed by atoms with Gasteiger partial charge in [0.25, 0.3) is 5.24 Å². The van der Waals surface area contributed by atoms with Gasteiger partial charge in [-0.15, -0.1) is 0 Å². The van der Waals surface area contributed by atoms with Gasteiger partial charge in [0.05, 0.1) is 11.8 Å². The number of hydrogen-bond donors (Lipinski definition) is 0. The van der Waals surface area contributed by atoms with Crippen LogP contribution in [0.25, 0.3) is 0 Å². The Bertz CT molecular complexity index is 372. The minimum Gasteiger partial charge on any atom is -0.338 e.